The fourth-order valence-corrected chi connectivity index (χ4v) is 0. The van der Waals surface area contributed by atoms with E-state index >= 15 is 0 Å². The second kappa shape index (κ2) is 8.45. The zero-order valence-corrected chi connectivity index (χ0v) is 7.66. The molecule has 2 N–H and O–H groups in total. The quantitative estimate of drug-likeness (QED) is 0.222. The first-order valence-electron chi connectivity index (χ1n) is 1.07. The van der Waals surface area contributed by atoms with E-state index in [1.165, 1.54) is 5.34 Å². The van der Waals surface area contributed by atoms with Gasteiger partial charge in [-0.05, 0) is 0 Å². The molecule has 0 aromatic heterocycles. The van der Waals surface area contributed by atoms with Gasteiger partial charge < -0.3 is 5.21 Å². The van der Waals surface area contributed by atoms with Gasteiger partial charge in [-0.25, -0.2) is 0 Å². The molecule has 0 bridgehead atoms. The van der Waals surface area contributed by atoms with E-state index in [2.05, 4.69) is 0 Å². The minimum absolute atomic E-state index is 0. The van der Waals surface area contributed by atoms with Crippen molar-refractivity contribution in [3.63, 3.8) is 0 Å². The number of hydrogen-bond donors (Lipinski definition) is 2. The summed E-state index contributed by atoms with van der Waals surface area (Å²) in [5.41, 5.74) is 0. The van der Waals surface area contributed by atoms with Crippen LogP contribution in [0, 0.1) is 4.91 Å². The van der Waals surface area contributed by atoms with Crippen LogP contribution in [-0.4, -0.2) is 9.37 Å². The van der Waals surface area contributed by atoms with E-state index in [1.807, 2.05) is 0 Å². The first-order valence-corrected chi connectivity index (χ1v) is 3.20. The standard InChI is InChI=1S/Cr.HNO2.Na.H2O.3O/c;2-1-3;;;;;/h;(H,2,3);;1H2;;;/q+1;;+1;;;;-1/p-1. The average Bonchev–Trinajstić information content (AvgIpc) is 1.27. The van der Waals surface area contributed by atoms with Gasteiger partial charge in [-0.15, -0.1) is 4.91 Å². The van der Waals surface area contributed by atoms with Crippen molar-refractivity contribution in [3.8, 4) is 0 Å². The summed E-state index contributed by atoms with van der Waals surface area (Å²) in [7, 11) is 0. The van der Waals surface area contributed by atoms with Crippen LogP contribution in [0.15, 0.2) is 5.34 Å². The molecule has 0 unspecified atom stereocenters. The van der Waals surface area contributed by atoms with Gasteiger partial charge in [0.1, 0.15) is 0 Å². The molecule has 0 heterocycles. The van der Waals surface area contributed by atoms with Crippen LogP contribution >= 0.6 is 0 Å². The summed E-state index contributed by atoms with van der Waals surface area (Å²) in [5, 5.41) is 7.89. The van der Waals surface area contributed by atoms with Crippen molar-refractivity contribution in [2.24, 2.45) is 5.34 Å². The molecule has 0 aliphatic rings. The van der Waals surface area contributed by atoms with Crippen molar-refractivity contribution >= 4 is 0 Å². The van der Waals surface area contributed by atoms with Crippen LogP contribution in [0.5, 0.6) is 0 Å². The Kier molecular flexibility index (Phi) is 15.2. The fraction of sp³-hybridized carbons (Fsp3) is 0. The van der Waals surface area contributed by atoms with Crippen LogP contribution in [0.4, 0.5) is 0 Å². The zero-order valence-electron chi connectivity index (χ0n) is 4.38. The topological polar surface area (TPSA) is 127 Å². The number of hydrogen-bond acceptors (Lipinski definition) is 5. The molecule has 0 aromatic rings. The van der Waals surface area contributed by atoms with Gasteiger partial charge in [0, 0.05) is 0 Å². The van der Waals surface area contributed by atoms with E-state index in [4.69, 9.17) is 26.0 Å². The van der Waals surface area contributed by atoms with Gasteiger partial charge >= 0.3 is 59.1 Å². The maximum atomic E-state index is 8.70. The third kappa shape index (κ3) is 1720. The summed E-state index contributed by atoms with van der Waals surface area (Å²) in [6.45, 7) is 0. The fourth-order valence-electron chi connectivity index (χ4n) is 0. The monoisotopic (exact) mass is 187 g/mol. The van der Waals surface area contributed by atoms with Gasteiger partial charge in [-0.3, -0.25) is 0 Å². The molecule has 0 aliphatic carbocycles. The van der Waals surface area contributed by atoms with E-state index < -0.39 is 13.6 Å². The molecule has 9 heteroatoms. The normalized spacial score (nSPS) is 7.78. The summed E-state index contributed by atoms with van der Waals surface area (Å²) >= 11 is -5.50. The molecule has 0 rings (SSSR count). The molecule has 0 spiro atoms. The molecule has 0 radical (unpaired) electrons. The molecule has 0 aromatic carbocycles. The number of rotatable bonds is 0. The molecule has 0 saturated carbocycles. The molecule has 50 valence electrons. The first kappa shape index (κ1) is 16.2. The second-order valence-corrected chi connectivity index (χ2v) is 1.85. The molecular weight excluding hydrogens is 185 g/mol. The van der Waals surface area contributed by atoms with Crippen molar-refractivity contribution in [2.45, 2.75) is 0 Å². The summed E-state index contributed by atoms with van der Waals surface area (Å²) < 4.78 is 33.1. The molecule has 0 atom stereocenters. The summed E-state index contributed by atoms with van der Waals surface area (Å²) in [6, 6.07) is 0. The molecule has 0 saturated heterocycles. The van der Waals surface area contributed by atoms with E-state index in [0.29, 0.717) is 0 Å². The molecule has 0 aliphatic heterocycles. The van der Waals surface area contributed by atoms with Crippen LogP contribution < -0.4 is 33.7 Å². The van der Waals surface area contributed by atoms with E-state index in [0.717, 1.165) is 0 Å². The predicted molar refractivity (Wildman–Crippen MR) is 11.2 cm³/mol. The third-order valence-electron chi connectivity index (χ3n) is 0. The van der Waals surface area contributed by atoms with Crippen molar-refractivity contribution in [1.82, 2.24) is 0 Å². The Labute approximate surface area is 74.3 Å². The SMILES string of the molecule is O=NO.[Na+].[O]=[Cr](=[O])([O-])[OH]. The first-order chi connectivity index (χ1) is 3.41. The molecular formula is H2CrNNaO6. The van der Waals surface area contributed by atoms with Gasteiger partial charge in [-0.2, -0.15) is 0 Å². The van der Waals surface area contributed by atoms with Crippen molar-refractivity contribution in [1.29, 1.82) is 0 Å². The molecule has 9 heavy (non-hydrogen) atoms. The Morgan fingerprint density at radius 3 is 1.44 bits per heavy atom. The summed E-state index contributed by atoms with van der Waals surface area (Å²) in [4.78, 5) is 8.11. The van der Waals surface area contributed by atoms with Gasteiger partial charge in [0.25, 0.3) is 0 Å². The van der Waals surface area contributed by atoms with Crippen LogP contribution in [0.25, 0.3) is 0 Å². The van der Waals surface area contributed by atoms with Gasteiger partial charge in [0.2, 0.25) is 0 Å². The van der Waals surface area contributed by atoms with Crippen molar-refractivity contribution in [2.75, 3.05) is 0 Å². The summed E-state index contributed by atoms with van der Waals surface area (Å²) in [5.74, 6) is 0. The van der Waals surface area contributed by atoms with E-state index in [9.17, 15) is 0 Å². The maximum absolute atomic E-state index is 8.70. The van der Waals surface area contributed by atoms with Crippen LogP contribution in [-0.2, 0) is 21.2 Å². The third-order valence-corrected chi connectivity index (χ3v) is 0. The Morgan fingerprint density at radius 1 is 1.44 bits per heavy atom. The van der Waals surface area contributed by atoms with Crippen LogP contribution in [0.3, 0.4) is 0 Å². The molecule has 7 nitrogen and oxygen atoms in total. The Balaban J connectivity index is -0.0000000800. The van der Waals surface area contributed by atoms with Gasteiger partial charge in [0.15, 0.2) is 5.34 Å². The van der Waals surface area contributed by atoms with Crippen molar-refractivity contribution in [3.05, 3.63) is 4.91 Å². The van der Waals surface area contributed by atoms with E-state index in [1.54, 1.807) is 0 Å². The van der Waals surface area contributed by atoms with E-state index in [-0.39, 0.29) is 29.6 Å². The zero-order chi connectivity index (χ0) is 7.21. The van der Waals surface area contributed by atoms with Crippen molar-refractivity contribution < 1.29 is 64.3 Å². The molecule has 0 fully saturated rings. The predicted octanol–water partition coefficient (Wildman–Crippen LogP) is -4.84. The van der Waals surface area contributed by atoms with Gasteiger partial charge in [-0.1, -0.05) is 0 Å². The number of nitrogens with zero attached hydrogens (tertiary/aromatic N) is 1. The minimum atomic E-state index is -5.50. The Bertz CT molecular complexity index is 127. The van der Waals surface area contributed by atoms with Crippen LogP contribution in [0.2, 0.25) is 0 Å². The summed E-state index contributed by atoms with van der Waals surface area (Å²) in [6.07, 6.45) is 0. The second-order valence-electron chi connectivity index (χ2n) is 0.509. The van der Waals surface area contributed by atoms with Crippen LogP contribution in [0.1, 0.15) is 0 Å². The average molecular weight is 187 g/mol. The van der Waals surface area contributed by atoms with Gasteiger partial charge in [0.05, 0.1) is 0 Å². The Hall–Kier alpha value is 0.452. The Morgan fingerprint density at radius 2 is 1.44 bits per heavy atom. The molecule has 0 amide bonds.